The number of nitrogens with zero attached hydrogens (tertiary/aromatic N) is 4. The molecule has 2 aromatic heterocycles. The van der Waals surface area contributed by atoms with E-state index in [-0.39, 0.29) is 5.91 Å². The molecule has 0 radical (unpaired) electrons. The molecule has 0 saturated heterocycles. The summed E-state index contributed by atoms with van der Waals surface area (Å²) in [6, 6.07) is 17.5. The van der Waals surface area contributed by atoms with Gasteiger partial charge >= 0.3 is 0 Å². The Morgan fingerprint density at radius 2 is 1.87 bits per heavy atom. The van der Waals surface area contributed by atoms with Gasteiger partial charge in [-0.05, 0) is 37.1 Å². The number of halogens is 1. The third-order valence-corrected chi connectivity index (χ3v) is 6.22. The van der Waals surface area contributed by atoms with Gasteiger partial charge in [-0.25, -0.2) is 4.98 Å². The van der Waals surface area contributed by atoms with E-state index in [1.807, 2.05) is 54.6 Å². The van der Waals surface area contributed by atoms with Crippen molar-refractivity contribution in [2.24, 2.45) is 0 Å². The third-order valence-electron chi connectivity index (χ3n) is 5.69. The monoisotopic (exact) mass is 475 g/mol. The van der Waals surface area contributed by atoms with Crippen molar-refractivity contribution in [1.82, 2.24) is 25.1 Å². The number of aryl methyl sites for hydroxylation is 1. The molecule has 6 nitrogen and oxygen atoms in total. The van der Waals surface area contributed by atoms with Gasteiger partial charge in [-0.2, -0.15) is 0 Å². The van der Waals surface area contributed by atoms with Crippen molar-refractivity contribution in [3.8, 4) is 11.3 Å². The van der Waals surface area contributed by atoms with Crippen molar-refractivity contribution < 1.29 is 4.79 Å². The number of carbonyl (C=O) groups excluding carboxylic acids is 1. The minimum Gasteiger partial charge on any atom is -0.345 e. The zero-order valence-electron chi connectivity index (χ0n) is 17.0. The van der Waals surface area contributed by atoms with Crippen LogP contribution in [0.2, 0.25) is 0 Å². The fourth-order valence-electron chi connectivity index (χ4n) is 4.06. The standard InChI is InChI=1S/C24H22BrN5O/c25-17-11-9-16(10-12-17)21-14-19(18-6-3-4-7-20(18)27-21)24(31)26-15-23-29-28-22-8-2-1-5-13-30(22)23/h3-4,6-7,9-12,14H,1-2,5,8,13,15H2,(H,26,31). The molecule has 1 aliphatic rings. The molecule has 4 aromatic rings. The second-order valence-corrected chi connectivity index (χ2v) is 8.67. The molecular formula is C24H22BrN5O. The average Bonchev–Trinajstić information content (AvgIpc) is 3.03. The van der Waals surface area contributed by atoms with Crippen molar-refractivity contribution in [1.29, 1.82) is 0 Å². The van der Waals surface area contributed by atoms with Gasteiger partial charge in [-0.3, -0.25) is 4.79 Å². The molecule has 0 spiro atoms. The van der Waals surface area contributed by atoms with Gasteiger partial charge in [0.2, 0.25) is 0 Å². The Kier molecular flexibility index (Phi) is 5.51. The van der Waals surface area contributed by atoms with Crippen molar-refractivity contribution in [3.63, 3.8) is 0 Å². The molecule has 1 amide bonds. The third kappa shape index (κ3) is 4.10. The quantitative estimate of drug-likeness (QED) is 0.454. The van der Waals surface area contributed by atoms with Crippen LogP contribution < -0.4 is 5.32 Å². The highest BCUT2D eigenvalue weighted by atomic mass is 79.9. The predicted molar refractivity (Wildman–Crippen MR) is 124 cm³/mol. The number of hydrogen-bond donors (Lipinski definition) is 1. The molecule has 7 heteroatoms. The van der Waals surface area contributed by atoms with Crippen LogP contribution in [0.5, 0.6) is 0 Å². The highest BCUT2D eigenvalue weighted by molar-refractivity contribution is 9.10. The first kappa shape index (κ1) is 19.9. The molecule has 2 aromatic carbocycles. The van der Waals surface area contributed by atoms with Crippen LogP contribution in [0.15, 0.2) is 59.1 Å². The van der Waals surface area contributed by atoms with Gasteiger partial charge in [0.15, 0.2) is 5.82 Å². The molecule has 31 heavy (non-hydrogen) atoms. The molecule has 0 aliphatic carbocycles. The summed E-state index contributed by atoms with van der Waals surface area (Å²) in [7, 11) is 0. The number of para-hydroxylation sites is 1. The van der Waals surface area contributed by atoms with E-state index in [1.165, 1.54) is 6.42 Å². The van der Waals surface area contributed by atoms with E-state index < -0.39 is 0 Å². The molecule has 0 fully saturated rings. The van der Waals surface area contributed by atoms with E-state index >= 15 is 0 Å². The Bertz CT molecular complexity index is 1250. The fraction of sp³-hybridized carbons (Fsp3) is 0.250. The number of benzene rings is 2. The molecule has 0 unspecified atom stereocenters. The lowest BCUT2D eigenvalue weighted by molar-refractivity contribution is 0.0951. The summed E-state index contributed by atoms with van der Waals surface area (Å²) in [5.41, 5.74) is 3.14. The molecule has 0 bridgehead atoms. The van der Waals surface area contributed by atoms with E-state index in [2.05, 4.69) is 36.0 Å². The Labute approximate surface area is 188 Å². The topological polar surface area (TPSA) is 72.7 Å². The maximum Gasteiger partial charge on any atom is 0.252 e. The van der Waals surface area contributed by atoms with Crippen LogP contribution in [-0.2, 0) is 19.5 Å². The van der Waals surface area contributed by atoms with Gasteiger partial charge in [-0.1, -0.05) is 52.7 Å². The van der Waals surface area contributed by atoms with E-state index in [0.717, 1.165) is 64.1 Å². The van der Waals surface area contributed by atoms with Crippen molar-refractivity contribution >= 4 is 32.7 Å². The zero-order chi connectivity index (χ0) is 21.2. The van der Waals surface area contributed by atoms with Gasteiger partial charge in [-0.15, -0.1) is 10.2 Å². The Hall–Kier alpha value is -3.06. The first-order chi connectivity index (χ1) is 15.2. The van der Waals surface area contributed by atoms with Gasteiger partial charge in [0.05, 0.1) is 23.3 Å². The molecule has 0 saturated carbocycles. The SMILES string of the molecule is O=C(NCc1nnc2n1CCCCC2)c1cc(-c2ccc(Br)cc2)nc2ccccc12. The van der Waals surface area contributed by atoms with Crippen LogP contribution in [0.25, 0.3) is 22.2 Å². The summed E-state index contributed by atoms with van der Waals surface area (Å²) in [5.74, 6) is 1.70. The van der Waals surface area contributed by atoms with Crippen LogP contribution >= 0.6 is 15.9 Å². The van der Waals surface area contributed by atoms with Crippen LogP contribution in [0.3, 0.4) is 0 Å². The highest BCUT2D eigenvalue weighted by Gasteiger charge is 2.17. The second-order valence-electron chi connectivity index (χ2n) is 7.76. The molecule has 0 atom stereocenters. The molecule has 1 N–H and O–H groups in total. The van der Waals surface area contributed by atoms with E-state index in [4.69, 9.17) is 4.98 Å². The number of amides is 1. The van der Waals surface area contributed by atoms with Crippen LogP contribution in [0.1, 0.15) is 41.3 Å². The van der Waals surface area contributed by atoms with Gasteiger partial charge in [0.25, 0.3) is 5.91 Å². The Morgan fingerprint density at radius 3 is 2.74 bits per heavy atom. The van der Waals surface area contributed by atoms with E-state index in [0.29, 0.717) is 12.1 Å². The number of nitrogens with one attached hydrogen (secondary N) is 1. The fourth-order valence-corrected chi connectivity index (χ4v) is 4.33. The first-order valence-corrected chi connectivity index (χ1v) is 11.3. The number of rotatable bonds is 4. The predicted octanol–water partition coefficient (Wildman–Crippen LogP) is 4.91. The molecule has 1 aliphatic heterocycles. The summed E-state index contributed by atoms with van der Waals surface area (Å²) >= 11 is 3.47. The zero-order valence-corrected chi connectivity index (χ0v) is 18.6. The number of aromatic nitrogens is 4. The van der Waals surface area contributed by atoms with E-state index in [1.54, 1.807) is 0 Å². The number of fused-ring (bicyclic) bond motifs is 2. The van der Waals surface area contributed by atoms with Crippen molar-refractivity contribution in [2.75, 3.05) is 0 Å². The lowest BCUT2D eigenvalue weighted by Crippen LogP contribution is -2.25. The van der Waals surface area contributed by atoms with Crippen LogP contribution in [-0.4, -0.2) is 25.7 Å². The van der Waals surface area contributed by atoms with Gasteiger partial charge < -0.3 is 9.88 Å². The van der Waals surface area contributed by atoms with Crippen molar-refractivity contribution in [3.05, 3.63) is 76.3 Å². The maximum absolute atomic E-state index is 13.2. The summed E-state index contributed by atoms with van der Waals surface area (Å²) in [6.45, 7) is 1.27. The van der Waals surface area contributed by atoms with Crippen molar-refractivity contribution in [2.45, 2.75) is 38.8 Å². The first-order valence-electron chi connectivity index (χ1n) is 10.5. The maximum atomic E-state index is 13.2. The molecule has 156 valence electrons. The summed E-state index contributed by atoms with van der Waals surface area (Å²) in [6.07, 6.45) is 4.42. The lowest BCUT2D eigenvalue weighted by atomic mass is 10.0. The van der Waals surface area contributed by atoms with Crippen LogP contribution in [0.4, 0.5) is 0 Å². The summed E-state index contributed by atoms with van der Waals surface area (Å²) in [5, 5.41) is 12.5. The summed E-state index contributed by atoms with van der Waals surface area (Å²) < 4.78 is 3.16. The van der Waals surface area contributed by atoms with Gasteiger partial charge in [0.1, 0.15) is 5.82 Å². The molecular weight excluding hydrogens is 454 g/mol. The lowest BCUT2D eigenvalue weighted by Gasteiger charge is -2.11. The highest BCUT2D eigenvalue weighted by Crippen LogP contribution is 2.26. The van der Waals surface area contributed by atoms with Gasteiger partial charge in [0, 0.05) is 28.4 Å². The number of hydrogen-bond acceptors (Lipinski definition) is 4. The minimum absolute atomic E-state index is 0.136. The largest absolute Gasteiger partial charge is 0.345 e. The average molecular weight is 476 g/mol. The second kappa shape index (κ2) is 8.59. The number of carbonyl (C=O) groups is 1. The number of pyridine rings is 1. The Morgan fingerprint density at radius 1 is 1.03 bits per heavy atom. The van der Waals surface area contributed by atoms with Crippen LogP contribution in [0, 0.1) is 0 Å². The smallest absolute Gasteiger partial charge is 0.252 e. The minimum atomic E-state index is -0.136. The normalized spacial score (nSPS) is 13.6. The molecule has 3 heterocycles. The summed E-state index contributed by atoms with van der Waals surface area (Å²) in [4.78, 5) is 18.0. The Balaban J connectivity index is 1.45. The molecule has 5 rings (SSSR count). The van der Waals surface area contributed by atoms with E-state index in [9.17, 15) is 4.79 Å².